The molecule has 96 valence electrons. The van der Waals surface area contributed by atoms with E-state index in [-0.39, 0.29) is 5.41 Å². The Kier molecular flexibility index (Phi) is 2.86. The molecule has 0 radical (unpaired) electrons. The van der Waals surface area contributed by atoms with Crippen LogP contribution in [0.2, 0.25) is 0 Å². The number of hydrogen-bond acceptors (Lipinski definition) is 3. The van der Waals surface area contributed by atoms with E-state index in [0.29, 0.717) is 6.54 Å². The fourth-order valence-corrected chi connectivity index (χ4v) is 3.05. The van der Waals surface area contributed by atoms with Gasteiger partial charge in [-0.2, -0.15) is 0 Å². The molecular weight excluding hydrogens is 224 g/mol. The minimum absolute atomic E-state index is 0.0241. The summed E-state index contributed by atoms with van der Waals surface area (Å²) in [6.07, 6.45) is 5.98. The standard InChI is InChI=1S/C15H20N2O/c1-11-6-5-7-12-13(11)17-14(18-12)15(10-16)8-3-2-4-9-15/h5-7H,2-4,8-10,16H2,1H3. The van der Waals surface area contributed by atoms with Crippen molar-refractivity contribution in [2.45, 2.75) is 44.4 Å². The fraction of sp³-hybridized carbons (Fsp3) is 0.533. The Hall–Kier alpha value is -1.35. The predicted molar refractivity (Wildman–Crippen MR) is 72.6 cm³/mol. The summed E-state index contributed by atoms with van der Waals surface area (Å²) >= 11 is 0. The zero-order valence-corrected chi connectivity index (χ0v) is 10.9. The van der Waals surface area contributed by atoms with Gasteiger partial charge in [-0.05, 0) is 31.4 Å². The van der Waals surface area contributed by atoms with Gasteiger partial charge in [-0.1, -0.05) is 31.4 Å². The van der Waals surface area contributed by atoms with Gasteiger partial charge in [0.1, 0.15) is 5.52 Å². The van der Waals surface area contributed by atoms with Gasteiger partial charge in [0.15, 0.2) is 5.58 Å². The number of benzene rings is 1. The van der Waals surface area contributed by atoms with Crippen LogP contribution in [0.5, 0.6) is 0 Å². The molecule has 1 aliphatic rings. The molecule has 0 spiro atoms. The fourth-order valence-electron chi connectivity index (χ4n) is 3.05. The molecule has 0 bridgehead atoms. The van der Waals surface area contributed by atoms with Gasteiger partial charge in [0.25, 0.3) is 0 Å². The van der Waals surface area contributed by atoms with Crippen LogP contribution in [0.3, 0.4) is 0 Å². The highest BCUT2D eigenvalue weighted by Gasteiger charge is 2.37. The minimum atomic E-state index is -0.0241. The maximum Gasteiger partial charge on any atom is 0.202 e. The molecular formula is C15H20N2O. The normalized spacial score (nSPS) is 19.2. The predicted octanol–water partition coefficient (Wildman–Crippen LogP) is 3.30. The molecule has 1 aliphatic carbocycles. The number of rotatable bonds is 2. The highest BCUT2D eigenvalue weighted by atomic mass is 16.3. The van der Waals surface area contributed by atoms with E-state index in [1.165, 1.54) is 24.8 Å². The molecule has 0 saturated heterocycles. The zero-order chi connectivity index (χ0) is 12.6. The molecule has 0 unspecified atom stereocenters. The van der Waals surface area contributed by atoms with Crippen LogP contribution in [-0.4, -0.2) is 11.5 Å². The molecule has 1 aromatic carbocycles. The Labute approximate surface area is 107 Å². The second kappa shape index (κ2) is 4.39. The van der Waals surface area contributed by atoms with Gasteiger partial charge in [0.2, 0.25) is 5.89 Å². The lowest BCUT2D eigenvalue weighted by atomic mass is 9.74. The molecule has 3 nitrogen and oxygen atoms in total. The van der Waals surface area contributed by atoms with Crippen molar-refractivity contribution in [3.63, 3.8) is 0 Å². The quantitative estimate of drug-likeness (QED) is 0.881. The topological polar surface area (TPSA) is 52.0 Å². The first kappa shape index (κ1) is 11.7. The maximum atomic E-state index is 6.03. The Balaban J connectivity index is 2.09. The van der Waals surface area contributed by atoms with E-state index < -0.39 is 0 Å². The summed E-state index contributed by atoms with van der Waals surface area (Å²) in [5, 5.41) is 0. The molecule has 1 heterocycles. The van der Waals surface area contributed by atoms with Gasteiger partial charge in [-0.3, -0.25) is 0 Å². The third kappa shape index (κ3) is 1.74. The lowest BCUT2D eigenvalue weighted by Crippen LogP contribution is -2.37. The zero-order valence-electron chi connectivity index (χ0n) is 10.9. The van der Waals surface area contributed by atoms with Gasteiger partial charge < -0.3 is 10.2 Å². The van der Waals surface area contributed by atoms with Crippen LogP contribution in [0.15, 0.2) is 22.6 Å². The summed E-state index contributed by atoms with van der Waals surface area (Å²) in [4.78, 5) is 4.73. The van der Waals surface area contributed by atoms with Crippen LogP contribution in [-0.2, 0) is 5.41 Å². The molecule has 1 saturated carbocycles. The van der Waals surface area contributed by atoms with Crippen molar-refractivity contribution < 1.29 is 4.42 Å². The van der Waals surface area contributed by atoms with Gasteiger partial charge in [-0.25, -0.2) is 4.98 Å². The second-order valence-electron chi connectivity index (χ2n) is 5.49. The first-order valence-electron chi connectivity index (χ1n) is 6.82. The smallest absolute Gasteiger partial charge is 0.202 e. The average molecular weight is 244 g/mol. The number of aryl methyl sites for hydroxylation is 1. The van der Waals surface area contributed by atoms with Crippen LogP contribution < -0.4 is 5.73 Å². The Morgan fingerprint density at radius 1 is 1.28 bits per heavy atom. The molecule has 2 N–H and O–H groups in total. The lowest BCUT2D eigenvalue weighted by molar-refractivity contribution is 0.247. The van der Waals surface area contributed by atoms with Crippen molar-refractivity contribution in [3.8, 4) is 0 Å². The molecule has 0 amide bonds. The van der Waals surface area contributed by atoms with E-state index in [1.54, 1.807) is 0 Å². The number of nitrogens with zero attached hydrogens (tertiary/aromatic N) is 1. The van der Waals surface area contributed by atoms with E-state index in [4.69, 9.17) is 15.1 Å². The molecule has 0 atom stereocenters. The van der Waals surface area contributed by atoms with Crippen molar-refractivity contribution in [1.82, 2.24) is 4.98 Å². The van der Waals surface area contributed by atoms with Gasteiger partial charge in [0.05, 0.1) is 5.41 Å². The molecule has 18 heavy (non-hydrogen) atoms. The monoisotopic (exact) mass is 244 g/mol. The Morgan fingerprint density at radius 3 is 2.72 bits per heavy atom. The van der Waals surface area contributed by atoms with Crippen LogP contribution >= 0.6 is 0 Å². The van der Waals surface area contributed by atoms with Crippen LogP contribution in [0.25, 0.3) is 11.1 Å². The minimum Gasteiger partial charge on any atom is -0.440 e. The van der Waals surface area contributed by atoms with E-state index in [1.807, 2.05) is 12.1 Å². The average Bonchev–Trinajstić information content (AvgIpc) is 2.85. The Morgan fingerprint density at radius 2 is 2.06 bits per heavy atom. The summed E-state index contributed by atoms with van der Waals surface area (Å²) in [6, 6.07) is 6.08. The molecule has 3 heteroatoms. The van der Waals surface area contributed by atoms with Crippen molar-refractivity contribution in [2.24, 2.45) is 5.73 Å². The van der Waals surface area contributed by atoms with Crippen molar-refractivity contribution in [2.75, 3.05) is 6.54 Å². The first-order valence-corrected chi connectivity index (χ1v) is 6.82. The number of aromatic nitrogens is 1. The van der Waals surface area contributed by atoms with E-state index in [0.717, 1.165) is 29.8 Å². The third-order valence-corrected chi connectivity index (χ3v) is 4.28. The van der Waals surface area contributed by atoms with E-state index in [9.17, 15) is 0 Å². The van der Waals surface area contributed by atoms with Gasteiger partial charge in [0, 0.05) is 6.54 Å². The summed E-state index contributed by atoms with van der Waals surface area (Å²) in [6.45, 7) is 2.71. The molecule has 0 aliphatic heterocycles. The number of fused-ring (bicyclic) bond motifs is 1. The van der Waals surface area contributed by atoms with Gasteiger partial charge in [-0.15, -0.1) is 0 Å². The molecule has 1 aromatic heterocycles. The number of nitrogens with two attached hydrogens (primary N) is 1. The summed E-state index contributed by atoms with van der Waals surface area (Å²) in [5.74, 6) is 0.856. The maximum absolute atomic E-state index is 6.03. The molecule has 3 rings (SSSR count). The van der Waals surface area contributed by atoms with Crippen molar-refractivity contribution in [3.05, 3.63) is 29.7 Å². The van der Waals surface area contributed by atoms with Crippen LogP contribution in [0.1, 0.15) is 43.6 Å². The summed E-state index contributed by atoms with van der Waals surface area (Å²) in [7, 11) is 0. The highest BCUT2D eigenvalue weighted by Crippen LogP contribution is 2.39. The lowest BCUT2D eigenvalue weighted by Gasteiger charge is -2.32. The highest BCUT2D eigenvalue weighted by molar-refractivity contribution is 5.76. The second-order valence-corrected chi connectivity index (χ2v) is 5.49. The van der Waals surface area contributed by atoms with E-state index in [2.05, 4.69) is 13.0 Å². The first-order chi connectivity index (χ1) is 8.75. The van der Waals surface area contributed by atoms with Gasteiger partial charge >= 0.3 is 0 Å². The largest absolute Gasteiger partial charge is 0.440 e. The number of para-hydroxylation sites is 1. The third-order valence-electron chi connectivity index (χ3n) is 4.28. The van der Waals surface area contributed by atoms with Crippen LogP contribution in [0, 0.1) is 6.92 Å². The Bertz CT molecular complexity index is 553. The SMILES string of the molecule is Cc1cccc2oc(C3(CN)CCCCC3)nc12. The van der Waals surface area contributed by atoms with E-state index >= 15 is 0 Å². The molecule has 1 fully saturated rings. The van der Waals surface area contributed by atoms with Crippen molar-refractivity contribution in [1.29, 1.82) is 0 Å². The molecule has 2 aromatic rings. The number of oxazole rings is 1. The van der Waals surface area contributed by atoms with Crippen molar-refractivity contribution >= 4 is 11.1 Å². The number of hydrogen-bond donors (Lipinski definition) is 1. The van der Waals surface area contributed by atoms with Crippen LogP contribution in [0.4, 0.5) is 0 Å². The summed E-state index contributed by atoms with van der Waals surface area (Å²) in [5.41, 5.74) is 9.06. The summed E-state index contributed by atoms with van der Waals surface area (Å²) < 4.78 is 5.99.